The van der Waals surface area contributed by atoms with E-state index in [4.69, 9.17) is 37.6 Å². The molecule has 3 heterocycles. The zero-order valence-electron chi connectivity index (χ0n) is 32.1. The van der Waals surface area contributed by atoms with Crippen LogP contribution in [0.1, 0.15) is 60.6 Å². The van der Waals surface area contributed by atoms with Gasteiger partial charge in [-0.15, -0.1) is 0 Å². The number of carbonyl (C=O) groups is 3. The Kier molecular flexibility index (Phi) is 15.1. The normalized spacial score (nSPS) is 23.2. The minimum atomic E-state index is -1.13. The topological polar surface area (TPSA) is 152 Å². The molecule has 1 N–H and O–H groups in total. The SMILES string of the molecule is COC1OC(CO)C(OCc2ccccc2)C(OCc2ccccc2)C1OCCCc1oc(C(OC(C)=O)C(C)C(=O)N2C(=O)OCC2c2ccccc2)cc1Br. The van der Waals surface area contributed by atoms with Gasteiger partial charge in [-0.3, -0.25) is 9.59 Å². The van der Waals surface area contributed by atoms with Crippen molar-refractivity contribution in [3.05, 3.63) is 130 Å². The fraction of sp³-hybridized carbons (Fsp3) is 0.419. The van der Waals surface area contributed by atoms with Crippen LogP contribution in [-0.2, 0) is 62.4 Å². The number of furan rings is 1. The van der Waals surface area contributed by atoms with E-state index in [0.29, 0.717) is 23.1 Å². The van der Waals surface area contributed by atoms with Crippen LogP contribution in [0.2, 0.25) is 0 Å². The fourth-order valence-corrected chi connectivity index (χ4v) is 7.53. The summed E-state index contributed by atoms with van der Waals surface area (Å²) in [6, 6.07) is 29.6. The minimum absolute atomic E-state index is 0.0133. The first-order valence-electron chi connectivity index (χ1n) is 18.9. The maximum absolute atomic E-state index is 13.9. The van der Waals surface area contributed by atoms with E-state index in [1.165, 1.54) is 14.0 Å². The van der Waals surface area contributed by atoms with E-state index < -0.39 is 66.7 Å². The summed E-state index contributed by atoms with van der Waals surface area (Å²) in [4.78, 5) is 40.1. The third-order valence-electron chi connectivity index (χ3n) is 9.92. The average molecular weight is 851 g/mol. The monoisotopic (exact) mass is 849 g/mol. The summed E-state index contributed by atoms with van der Waals surface area (Å²) in [6.07, 6.45) is -4.71. The van der Waals surface area contributed by atoms with Crippen LogP contribution in [0.25, 0.3) is 0 Å². The number of amides is 2. The van der Waals surface area contributed by atoms with E-state index in [1.54, 1.807) is 13.0 Å². The van der Waals surface area contributed by atoms with Crippen LogP contribution in [0.5, 0.6) is 0 Å². The maximum atomic E-state index is 13.9. The van der Waals surface area contributed by atoms with Gasteiger partial charge in [-0.2, -0.15) is 0 Å². The van der Waals surface area contributed by atoms with Crippen molar-refractivity contribution in [2.24, 2.45) is 5.92 Å². The van der Waals surface area contributed by atoms with Gasteiger partial charge in [0.2, 0.25) is 5.91 Å². The molecule has 0 saturated carbocycles. The molecule has 2 aliphatic heterocycles. The lowest BCUT2D eigenvalue weighted by Crippen LogP contribution is -2.61. The molecule has 8 atom stereocenters. The lowest BCUT2D eigenvalue weighted by molar-refractivity contribution is -0.319. The Hall–Kier alpha value is -4.41. The van der Waals surface area contributed by atoms with Crippen LogP contribution in [0.3, 0.4) is 0 Å². The molecule has 6 rings (SSSR count). The zero-order chi connectivity index (χ0) is 40.3. The number of benzene rings is 3. The van der Waals surface area contributed by atoms with Crippen LogP contribution >= 0.6 is 15.9 Å². The van der Waals surface area contributed by atoms with Gasteiger partial charge < -0.3 is 42.7 Å². The zero-order valence-corrected chi connectivity index (χ0v) is 33.7. The molecule has 13 nitrogen and oxygen atoms in total. The smallest absolute Gasteiger partial charge is 0.417 e. The molecule has 2 aliphatic rings. The standard InChI is InChI=1S/C43H48BrNO12/c1-27(41(48)45-33(26-54-43(45)49)31-18-11-6-12-19-31)37(55-28(2)47)35-22-32(44)34(56-35)20-13-21-51-40-39(53-25-30-16-9-5-10-17-30)38(36(23-46)57-42(40)50-3)52-24-29-14-7-4-8-15-29/h4-12,14-19,22,27,33,36-40,42,46H,13,20-21,23-26H2,1-3H3. The van der Waals surface area contributed by atoms with Crippen molar-refractivity contribution in [1.29, 1.82) is 0 Å². The summed E-state index contributed by atoms with van der Waals surface area (Å²) in [7, 11) is 1.51. The van der Waals surface area contributed by atoms with Crippen molar-refractivity contribution in [3.63, 3.8) is 0 Å². The van der Waals surface area contributed by atoms with E-state index in [2.05, 4.69) is 15.9 Å². The van der Waals surface area contributed by atoms with Gasteiger partial charge in [0.1, 0.15) is 48.6 Å². The van der Waals surface area contributed by atoms with E-state index in [-0.39, 0.29) is 38.8 Å². The lowest BCUT2D eigenvalue weighted by atomic mass is 9.98. The Morgan fingerprint density at radius 2 is 1.51 bits per heavy atom. The molecule has 14 heteroatoms. The van der Waals surface area contributed by atoms with Crippen molar-refractivity contribution in [2.75, 3.05) is 26.9 Å². The molecule has 1 aromatic heterocycles. The minimum Gasteiger partial charge on any atom is -0.461 e. The number of aliphatic hydroxyl groups is 1. The van der Waals surface area contributed by atoms with Gasteiger partial charge in [0.15, 0.2) is 12.4 Å². The van der Waals surface area contributed by atoms with Crippen molar-refractivity contribution < 1.29 is 57.1 Å². The molecule has 304 valence electrons. The Morgan fingerprint density at radius 3 is 2.11 bits per heavy atom. The molecular formula is C43H48BrNO12. The number of halogens is 1. The van der Waals surface area contributed by atoms with Gasteiger partial charge in [-0.1, -0.05) is 91.0 Å². The summed E-state index contributed by atoms with van der Waals surface area (Å²) < 4.78 is 49.0. The first-order chi connectivity index (χ1) is 27.7. The number of rotatable bonds is 18. The molecule has 0 spiro atoms. The molecular weight excluding hydrogens is 802 g/mol. The number of hydrogen-bond acceptors (Lipinski definition) is 12. The Balaban J connectivity index is 1.14. The van der Waals surface area contributed by atoms with Crippen molar-refractivity contribution in [3.8, 4) is 0 Å². The maximum Gasteiger partial charge on any atom is 0.417 e. The number of cyclic esters (lactones) is 1. The predicted octanol–water partition coefficient (Wildman–Crippen LogP) is 6.85. The Morgan fingerprint density at radius 1 is 0.895 bits per heavy atom. The second-order valence-corrected chi connectivity index (χ2v) is 14.7. The average Bonchev–Trinajstić information content (AvgIpc) is 3.81. The summed E-state index contributed by atoms with van der Waals surface area (Å²) in [5.41, 5.74) is 2.65. The largest absolute Gasteiger partial charge is 0.461 e. The van der Waals surface area contributed by atoms with Crippen LogP contribution in [0.15, 0.2) is 106 Å². The molecule has 3 aromatic carbocycles. The van der Waals surface area contributed by atoms with Crippen LogP contribution in [-0.4, -0.2) is 85.6 Å². The number of carbonyl (C=O) groups excluding carboxylic acids is 3. The lowest BCUT2D eigenvalue weighted by Gasteiger charge is -2.45. The molecule has 0 radical (unpaired) electrons. The van der Waals surface area contributed by atoms with Gasteiger partial charge in [-0.05, 0) is 52.0 Å². The predicted molar refractivity (Wildman–Crippen MR) is 208 cm³/mol. The number of methoxy groups -OCH3 is 1. The summed E-state index contributed by atoms with van der Waals surface area (Å²) in [5.74, 6) is -1.41. The van der Waals surface area contributed by atoms with Crippen LogP contribution in [0.4, 0.5) is 4.79 Å². The summed E-state index contributed by atoms with van der Waals surface area (Å²) >= 11 is 3.57. The third-order valence-corrected chi connectivity index (χ3v) is 10.6. The van der Waals surface area contributed by atoms with Crippen LogP contribution in [0, 0.1) is 5.92 Å². The van der Waals surface area contributed by atoms with Gasteiger partial charge in [0.25, 0.3) is 0 Å². The second-order valence-electron chi connectivity index (χ2n) is 13.9. The van der Waals surface area contributed by atoms with Crippen molar-refractivity contribution >= 4 is 33.9 Å². The highest BCUT2D eigenvalue weighted by atomic mass is 79.9. The highest BCUT2D eigenvalue weighted by molar-refractivity contribution is 9.10. The molecule has 57 heavy (non-hydrogen) atoms. The van der Waals surface area contributed by atoms with Crippen molar-refractivity contribution in [1.82, 2.24) is 4.90 Å². The molecule has 0 aliphatic carbocycles. The van der Waals surface area contributed by atoms with Crippen molar-refractivity contribution in [2.45, 2.75) is 82.8 Å². The molecule has 0 bridgehead atoms. The van der Waals surface area contributed by atoms with E-state index in [9.17, 15) is 19.5 Å². The molecule has 2 amide bonds. The Labute approximate surface area is 340 Å². The molecule has 4 aromatic rings. The number of nitrogens with zero attached hydrogens (tertiary/aromatic N) is 1. The summed E-state index contributed by atoms with van der Waals surface area (Å²) in [6.45, 7) is 3.29. The highest BCUT2D eigenvalue weighted by Crippen LogP contribution is 2.37. The second kappa shape index (κ2) is 20.3. The quantitative estimate of drug-likeness (QED) is 0.0823. The number of imide groups is 1. The number of esters is 1. The van der Waals surface area contributed by atoms with Gasteiger partial charge in [0, 0.05) is 27.1 Å². The fourth-order valence-electron chi connectivity index (χ4n) is 7.02. The molecule has 2 fully saturated rings. The third kappa shape index (κ3) is 10.6. The molecule has 8 unspecified atom stereocenters. The van der Waals surface area contributed by atoms with Gasteiger partial charge in [-0.25, -0.2) is 9.69 Å². The Bertz CT molecular complexity index is 1890. The van der Waals surface area contributed by atoms with Gasteiger partial charge in [0.05, 0.1) is 30.2 Å². The van der Waals surface area contributed by atoms with E-state index >= 15 is 0 Å². The van der Waals surface area contributed by atoms with Gasteiger partial charge >= 0.3 is 12.1 Å². The van der Waals surface area contributed by atoms with E-state index in [1.807, 2.05) is 91.0 Å². The number of aliphatic hydroxyl groups excluding tert-OH is 1. The van der Waals surface area contributed by atoms with E-state index in [0.717, 1.165) is 21.6 Å². The first kappa shape index (κ1) is 42.2. The molecule has 2 saturated heterocycles. The number of hydrogen-bond donors (Lipinski definition) is 1. The first-order valence-corrected chi connectivity index (χ1v) is 19.7. The highest BCUT2D eigenvalue weighted by Gasteiger charge is 2.49. The number of ether oxygens (including phenoxy) is 7. The number of aryl methyl sites for hydroxylation is 1. The summed E-state index contributed by atoms with van der Waals surface area (Å²) in [5, 5.41) is 10.4. The van der Waals surface area contributed by atoms with Crippen LogP contribution < -0.4 is 0 Å².